The third-order valence-corrected chi connectivity index (χ3v) is 1.59. The highest BCUT2D eigenvalue weighted by molar-refractivity contribution is 5.85. The van der Waals surface area contributed by atoms with Gasteiger partial charge in [0, 0.05) is 11.9 Å². The lowest BCUT2D eigenvalue weighted by atomic mass is 10.0. The van der Waals surface area contributed by atoms with Gasteiger partial charge in [0.25, 0.3) is 0 Å². The fourth-order valence-corrected chi connectivity index (χ4v) is 0.733. The minimum Gasteiger partial charge on any atom is -0.266 e. The monoisotopic (exact) mass is 139 g/mol. The molecule has 1 aliphatic rings. The average molecular weight is 139 g/mol. The van der Waals surface area contributed by atoms with Crippen LogP contribution in [0.25, 0.3) is 0 Å². The molecular formula is C9H17N. The molecule has 0 aliphatic carbocycles. The lowest BCUT2D eigenvalue weighted by molar-refractivity contribution is 0.773. The van der Waals surface area contributed by atoms with Crippen molar-refractivity contribution in [3.8, 4) is 0 Å². The Balaban J connectivity index is 0.000000371. The van der Waals surface area contributed by atoms with Gasteiger partial charge in [0.2, 0.25) is 0 Å². The number of allylic oxidation sites excluding steroid dienone is 1. The van der Waals surface area contributed by atoms with Gasteiger partial charge in [-0.3, -0.25) is 4.99 Å². The lowest BCUT2D eigenvalue weighted by Gasteiger charge is -2.09. The zero-order valence-electron chi connectivity index (χ0n) is 7.39. The summed E-state index contributed by atoms with van der Waals surface area (Å²) in [6.45, 7) is 8.27. The predicted molar refractivity (Wildman–Crippen MR) is 47.4 cm³/mol. The van der Waals surface area contributed by atoms with Crippen molar-refractivity contribution in [1.29, 1.82) is 0 Å². The largest absolute Gasteiger partial charge is 0.266 e. The van der Waals surface area contributed by atoms with Crippen LogP contribution in [-0.4, -0.2) is 5.71 Å². The molecule has 0 fully saturated rings. The summed E-state index contributed by atoms with van der Waals surface area (Å²) in [4.78, 5) is 4.15. The van der Waals surface area contributed by atoms with Crippen molar-refractivity contribution >= 4 is 5.71 Å². The molecular weight excluding hydrogens is 122 g/mol. The van der Waals surface area contributed by atoms with Gasteiger partial charge >= 0.3 is 0 Å². The van der Waals surface area contributed by atoms with E-state index in [4.69, 9.17) is 0 Å². The standard InChI is InChI=1S/C7H11N.C2H6/c1-6-4-3-5-8-7(6)2;1-2/h3,5-6H,4H2,1-2H3;1-2H3. The van der Waals surface area contributed by atoms with Crippen molar-refractivity contribution in [3.63, 3.8) is 0 Å². The topological polar surface area (TPSA) is 12.4 Å². The van der Waals surface area contributed by atoms with Crippen LogP contribution in [0.4, 0.5) is 0 Å². The van der Waals surface area contributed by atoms with E-state index in [1.54, 1.807) is 0 Å². The molecule has 0 spiro atoms. The van der Waals surface area contributed by atoms with E-state index >= 15 is 0 Å². The van der Waals surface area contributed by atoms with E-state index in [0.29, 0.717) is 5.92 Å². The summed E-state index contributed by atoms with van der Waals surface area (Å²) in [5.41, 5.74) is 1.26. The molecule has 0 aromatic rings. The highest BCUT2D eigenvalue weighted by Gasteiger charge is 2.04. The van der Waals surface area contributed by atoms with E-state index in [2.05, 4.69) is 24.9 Å². The van der Waals surface area contributed by atoms with E-state index in [-0.39, 0.29) is 0 Å². The minimum atomic E-state index is 0.667. The van der Waals surface area contributed by atoms with Gasteiger partial charge in [-0.2, -0.15) is 0 Å². The molecule has 0 saturated carbocycles. The second-order valence-electron chi connectivity index (χ2n) is 2.29. The van der Waals surface area contributed by atoms with Crippen LogP contribution in [0.1, 0.15) is 34.1 Å². The van der Waals surface area contributed by atoms with Gasteiger partial charge in [-0.15, -0.1) is 0 Å². The van der Waals surface area contributed by atoms with Crippen molar-refractivity contribution in [2.45, 2.75) is 34.1 Å². The summed E-state index contributed by atoms with van der Waals surface area (Å²) >= 11 is 0. The Labute approximate surface area is 63.9 Å². The maximum Gasteiger partial charge on any atom is 0.0227 e. The Morgan fingerprint density at radius 2 is 2.10 bits per heavy atom. The van der Waals surface area contributed by atoms with Crippen molar-refractivity contribution in [3.05, 3.63) is 12.3 Å². The fourth-order valence-electron chi connectivity index (χ4n) is 0.733. The molecule has 0 aromatic carbocycles. The smallest absolute Gasteiger partial charge is 0.0227 e. The second kappa shape index (κ2) is 5.21. The van der Waals surface area contributed by atoms with E-state index < -0.39 is 0 Å². The first-order chi connectivity index (χ1) is 4.80. The van der Waals surface area contributed by atoms with Crippen LogP contribution >= 0.6 is 0 Å². The van der Waals surface area contributed by atoms with E-state index in [1.165, 1.54) is 5.71 Å². The third-order valence-electron chi connectivity index (χ3n) is 1.59. The zero-order valence-corrected chi connectivity index (χ0v) is 7.39. The Morgan fingerprint density at radius 3 is 2.40 bits per heavy atom. The predicted octanol–water partition coefficient (Wildman–Crippen LogP) is 3.03. The maximum absolute atomic E-state index is 4.15. The third kappa shape index (κ3) is 2.81. The molecule has 0 aromatic heterocycles. The van der Waals surface area contributed by atoms with Crippen LogP contribution in [0.2, 0.25) is 0 Å². The number of hydrogen-bond acceptors (Lipinski definition) is 1. The van der Waals surface area contributed by atoms with Gasteiger partial charge in [0.15, 0.2) is 0 Å². The first-order valence-corrected chi connectivity index (χ1v) is 4.00. The molecule has 1 heterocycles. The van der Waals surface area contributed by atoms with Crippen LogP contribution in [0.15, 0.2) is 17.3 Å². The number of nitrogens with zero attached hydrogens (tertiary/aromatic N) is 1. The fraction of sp³-hybridized carbons (Fsp3) is 0.667. The van der Waals surface area contributed by atoms with Crippen LogP contribution in [0.3, 0.4) is 0 Å². The summed E-state index contributed by atoms with van der Waals surface area (Å²) in [5.74, 6) is 0.667. The molecule has 1 rings (SSSR count). The van der Waals surface area contributed by atoms with Crippen LogP contribution < -0.4 is 0 Å². The van der Waals surface area contributed by atoms with Gasteiger partial charge < -0.3 is 0 Å². The summed E-state index contributed by atoms with van der Waals surface area (Å²) in [7, 11) is 0. The minimum absolute atomic E-state index is 0.667. The van der Waals surface area contributed by atoms with Crippen LogP contribution in [0.5, 0.6) is 0 Å². The van der Waals surface area contributed by atoms with Gasteiger partial charge in [0.1, 0.15) is 0 Å². The van der Waals surface area contributed by atoms with Crippen molar-refractivity contribution in [2.24, 2.45) is 10.9 Å². The second-order valence-corrected chi connectivity index (χ2v) is 2.29. The van der Waals surface area contributed by atoms with Gasteiger partial charge in [0.05, 0.1) is 0 Å². The number of aliphatic imine (C=N–C) groups is 1. The molecule has 0 bridgehead atoms. The van der Waals surface area contributed by atoms with Crippen molar-refractivity contribution in [2.75, 3.05) is 0 Å². The Kier molecular flexibility index (Phi) is 4.91. The van der Waals surface area contributed by atoms with Crippen LogP contribution in [0, 0.1) is 5.92 Å². The zero-order chi connectivity index (χ0) is 7.98. The molecule has 10 heavy (non-hydrogen) atoms. The molecule has 58 valence electrons. The number of rotatable bonds is 0. The quantitative estimate of drug-likeness (QED) is 0.489. The first kappa shape index (κ1) is 9.41. The normalized spacial score (nSPS) is 22.8. The molecule has 0 saturated heterocycles. The Hall–Kier alpha value is -0.590. The molecule has 0 amide bonds. The Bertz CT molecular complexity index is 134. The molecule has 1 nitrogen and oxygen atoms in total. The van der Waals surface area contributed by atoms with E-state index in [0.717, 1.165) is 6.42 Å². The molecule has 0 N–H and O–H groups in total. The van der Waals surface area contributed by atoms with E-state index in [9.17, 15) is 0 Å². The average Bonchev–Trinajstić information content (AvgIpc) is 2.00. The molecule has 1 atom stereocenters. The maximum atomic E-state index is 4.15. The molecule has 1 unspecified atom stereocenters. The first-order valence-electron chi connectivity index (χ1n) is 4.00. The summed E-state index contributed by atoms with van der Waals surface area (Å²) in [5, 5.41) is 0. The molecule has 1 aliphatic heterocycles. The highest BCUT2D eigenvalue weighted by Crippen LogP contribution is 2.09. The number of hydrogen-bond donors (Lipinski definition) is 0. The van der Waals surface area contributed by atoms with Gasteiger partial charge in [-0.05, 0) is 19.3 Å². The summed E-state index contributed by atoms with van der Waals surface area (Å²) in [6.07, 6.45) is 5.16. The van der Waals surface area contributed by atoms with E-state index in [1.807, 2.05) is 20.0 Å². The lowest BCUT2D eigenvalue weighted by Crippen LogP contribution is -2.07. The summed E-state index contributed by atoms with van der Waals surface area (Å²) < 4.78 is 0. The van der Waals surface area contributed by atoms with Crippen molar-refractivity contribution < 1.29 is 0 Å². The van der Waals surface area contributed by atoms with Crippen molar-refractivity contribution in [1.82, 2.24) is 0 Å². The van der Waals surface area contributed by atoms with Crippen LogP contribution in [-0.2, 0) is 0 Å². The Morgan fingerprint density at radius 1 is 1.50 bits per heavy atom. The molecule has 1 heteroatoms. The summed E-state index contributed by atoms with van der Waals surface area (Å²) in [6, 6.07) is 0. The highest BCUT2D eigenvalue weighted by atomic mass is 14.7. The SMILES string of the molecule is CC.CC1=NC=CCC1C. The van der Waals surface area contributed by atoms with Gasteiger partial charge in [-0.25, -0.2) is 0 Å². The van der Waals surface area contributed by atoms with Gasteiger partial charge in [-0.1, -0.05) is 26.8 Å². The molecule has 0 radical (unpaired) electrons.